The summed E-state index contributed by atoms with van der Waals surface area (Å²) in [6, 6.07) is 13.2. The number of hydrogen-bond donors (Lipinski definition) is 0. The maximum atomic E-state index is 12.2. The molecule has 94 valence electrons. The molecule has 0 fully saturated rings. The quantitative estimate of drug-likeness (QED) is 0.359. The lowest BCUT2D eigenvalue weighted by Gasteiger charge is -2.10. The lowest BCUT2D eigenvalue weighted by molar-refractivity contribution is -0.133. The van der Waals surface area contributed by atoms with Gasteiger partial charge >= 0.3 is 5.97 Å². The van der Waals surface area contributed by atoms with Crippen molar-refractivity contribution in [1.82, 2.24) is 0 Å². The van der Waals surface area contributed by atoms with Gasteiger partial charge in [0.1, 0.15) is 9.67 Å². The molecule has 0 aliphatic heterocycles. The number of carbonyl (C=O) groups is 1. The molecule has 2 rings (SSSR count). The summed E-state index contributed by atoms with van der Waals surface area (Å²) in [6.45, 7) is -0.516. The van der Waals surface area contributed by atoms with Crippen molar-refractivity contribution >= 4 is 39.3 Å². The van der Waals surface area contributed by atoms with Crippen LogP contribution in [0.1, 0.15) is 6.42 Å². The average Bonchev–Trinajstić information content (AvgIpc) is 2.39. The molecule has 0 radical (unpaired) electrons. The molecule has 0 spiro atoms. The molecule has 0 heterocycles. The molecule has 0 aliphatic rings. The molecule has 2 nitrogen and oxygen atoms in total. The minimum absolute atomic E-state index is 0.185. The highest BCUT2D eigenvalue weighted by Gasteiger charge is 2.17. The summed E-state index contributed by atoms with van der Waals surface area (Å²) in [5.41, 5.74) is 0. The third kappa shape index (κ3) is 2.98. The zero-order chi connectivity index (χ0) is 13.0. The van der Waals surface area contributed by atoms with Gasteiger partial charge in [-0.1, -0.05) is 59.0 Å². The standard InChI is InChI=1S/C14H12FIO2/c15-9-8-12(16)14(17)18-13-7-3-5-10-4-1-2-6-11(10)13/h1-7,12H,8-9H2. The number of ether oxygens (including phenoxy) is 1. The van der Waals surface area contributed by atoms with Crippen molar-refractivity contribution in [1.29, 1.82) is 0 Å². The molecule has 0 saturated heterocycles. The lowest BCUT2D eigenvalue weighted by Crippen LogP contribution is -2.20. The highest BCUT2D eigenvalue weighted by molar-refractivity contribution is 14.1. The number of fused-ring (bicyclic) bond motifs is 1. The molecule has 2 aromatic rings. The average molecular weight is 358 g/mol. The Morgan fingerprint density at radius 1 is 1.22 bits per heavy atom. The maximum Gasteiger partial charge on any atom is 0.324 e. The number of benzene rings is 2. The Hall–Kier alpha value is -1.17. The van der Waals surface area contributed by atoms with Crippen LogP contribution >= 0.6 is 22.6 Å². The van der Waals surface area contributed by atoms with Gasteiger partial charge in [0.25, 0.3) is 0 Å². The minimum Gasteiger partial charge on any atom is -0.425 e. The largest absolute Gasteiger partial charge is 0.425 e. The maximum absolute atomic E-state index is 12.2. The molecular weight excluding hydrogens is 346 g/mol. The zero-order valence-corrected chi connectivity index (χ0v) is 11.8. The fraction of sp³-hybridized carbons (Fsp3) is 0.214. The minimum atomic E-state index is -0.516. The van der Waals surface area contributed by atoms with Crippen LogP contribution in [0.5, 0.6) is 5.75 Å². The highest BCUT2D eigenvalue weighted by Crippen LogP contribution is 2.26. The summed E-state index contributed by atoms with van der Waals surface area (Å²) in [4.78, 5) is 11.7. The van der Waals surface area contributed by atoms with E-state index >= 15 is 0 Å². The summed E-state index contributed by atoms with van der Waals surface area (Å²) in [7, 11) is 0. The Balaban J connectivity index is 2.24. The van der Waals surface area contributed by atoms with Gasteiger partial charge in [-0.25, -0.2) is 0 Å². The third-order valence-electron chi connectivity index (χ3n) is 2.58. The number of hydrogen-bond acceptors (Lipinski definition) is 2. The van der Waals surface area contributed by atoms with Gasteiger partial charge in [-0.3, -0.25) is 9.18 Å². The number of alkyl halides is 2. The third-order valence-corrected chi connectivity index (χ3v) is 3.71. The van der Waals surface area contributed by atoms with Crippen LogP contribution in [0.4, 0.5) is 4.39 Å². The van der Waals surface area contributed by atoms with E-state index in [1.54, 1.807) is 6.07 Å². The van der Waals surface area contributed by atoms with E-state index in [1.165, 1.54) is 0 Å². The van der Waals surface area contributed by atoms with Crippen LogP contribution in [0.25, 0.3) is 10.8 Å². The molecule has 1 unspecified atom stereocenters. The Bertz CT molecular complexity index is 551. The number of rotatable bonds is 4. The van der Waals surface area contributed by atoms with Gasteiger partial charge in [0.2, 0.25) is 0 Å². The van der Waals surface area contributed by atoms with Crippen LogP contribution in [0.2, 0.25) is 0 Å². The van der Waals surface area contributed by atoms with Gasteiger partial charge in [0.15, 0.2) is 0 Å². The predicted octanol–water partition coefficient (Wildman–Crippen LogP) is 3.91. The van der Waals surface area contributed by atoms with Gasteiger partial charge in [0.05, 0.1) is 6.67 Å². The van der Waals surface area contributed by atoms with Crippen molar-refractivity contribution in [2.45, 2.75) is 10.3 Å². The highest BCUT2D eigenvalue weighted by atomic mass is 127. The molecule has 4 heteroatoms. The lowest BCUT2D eigenvalue weighted by atomic mass is 10.1. The van der Waals surface area contributed by atoms with Crippen molar-refractivity contribution in [2.75, 3.05) is 6.67 Å². The van der Waals surface area contributed by atoms with E-state index in [-0.39, 0.29) is 6.42 Å². The first-order valence-corrected chi connectivity index (χ1v) is 6.86. The van der Waals surface area contributed by atoms with E-state index in [9.17, 15) is 9.18 Å². The van der Waals surface area contributed by atoms with E-state index in [0.717, 1.165) is 10.8 Å². The summed E-state index contributed by atoms with van der Waals surface area (Å²) >= 11 is 1.90. The molecular formula is C14H12FIO2. The van der Waals surface area contributed by atoms with Gasteiger partial charge in [-0.15, -0.1) is 0 Å². The number of carbonyl (C=O) groups excluding carboxylic acids is 1. The zero-order valence-electron chi connectivity index (χ0n) is 9.61. The van der Waals surface area contributed by atoms with E-state index in [1.807, 2.05) is 59.0 Å². The van der Waals surface area contributed by atoms with E-state index in [4.69, 9.17) is 4.74 Å². The normalized spacial score (nSPS) is 12.3. The number of esters is 1. The Morgan fingerprint density at radius 2 is 1.94 bits per heavy atom. The van der Waals surface area contributed by atoms with Crippen molar-refractivity contribution in [3.8, 4) is 5.75 Å². The van der Waals surface area contributed by atoms with E-state index < -0.39 is 16.6 Å². The first-order valence-electron chi connectivity index (χ1n) is 5.62. The fourth-order valence-electron chi connectivity index (χ4n) is 1.67. The van der Waals surface area contributed by atoms with Gasteiger partial charge in [-0.05, 0) is 17.9 Å². The molecule has 1 atom stereocenters. The van der Waals surface area contributed by atoms with Crippen LogP contribution in [-0.2, 0) is 4.79 Å². The Kier molecular flexibility index (Phi) is 4.52. The van der Waals surface area contributed by atoms with Crippen molar-refractivity contribution in [2.24, 2.45) is 0 Å². The monoisotopic (exact) mass is 358 g/mol. The molecule has 18 heavy (non-hydrogen) atoms. The van der Waals surface area contributed by atoms with Crippen molar-refractivity contribution < 1.29 is 13.9 Å². The molecule has 0 aliphatic carbocycles. The van der Waals surface area contributed by atoms with Crippen LogP contribution < -0.4 is 4.74 Å². The van der Waals surface area contributed by atoms with E-state index in [0.29, 0.717) is 5.75 Å². The second-order valence-corrected chi connectivity index (χ2v) is 5.35. The molecule has 0 bridgehead atoms. The van der Waals surface area contributed by atoms with Crippen molar-refractivity contribution in [3.05, 3.63) is 42.5 Å². The van der Waals surface area contributed by atoms with Crippen LogP contribution in [0.15, 0.2) is 42.5 Å². The smallest absolute Gasteiger partial charge is 0.324 e. The molecule has 0 N–H and O–H groups in total. The first kappa shape index (κ1) is 13.3. The molecule has 0 saturated carbocycles. The summed E-state index contributed by atoms with van der Waals surface area (Å²) in [5.74, 6) is 0.128. The number of halogens is 2. The van der Waals surface area contributed by atoms with Gasteiger partial charge in [-0.2, -0.15) is 0 Å². The van der Waals surface area contributed by atoms with Crippen LogP contribution in [-0.4, -0.2) is 16.6 Å². The second kappa shape index (κ2) is 6.13. The Labute approximate surface area is 118 Å². The topological polar surface area (TPSA) is 26.3 Å². The second-order valence-electron chi connectivity index (χ2n) is 3.84. The summed E-state index contributed by atoms with van der Waals surface area (Å²) in [6.07, 6.45) is 0.185. The van der Waals surface area contributed by atoms with Crippen LogP contribution in [0.3, 0.4) is 0 Å². The SMILES string of the molecule is O=C(Oc1cccc2ccccc12)C(I)CCF. The summed E-state index contributed by atoms with van der Waals surface area (Å²) in [5, 5.41) is 1.90. The molecule has 0 aromatic heterocycles. The predicted molar refractivity (Wildman–Crippen MR) is 78.0 cm³/mol. The van der Waals surface area contributed by atoms with Gasteiger partial charge in [0, 0.05) is 5.39 Å². The first-order chi connectivity index (χ1) is 8.72. The van der Waals surface area contributed by atoms with Gasteiger partial charge < -0.3 is 4.74 Å². The molecule has 0 amide bonds. The molecule has 2 aromatic carbocycles. The van der Waals surface area contributed by atoms with E-state index in [2.05, 4.69) is 0 Å². The summed E-state index contributed by atoms with van der Waals surface area (Å²) < 4.78 is 17.1. The fourth-order valence-corrected chi connectivity index (χ4v) is 2.03. The Morgan fingerprint density at radius 3 is 2.72 bits per heavy atom. The van der Waals surface area contributed by atoms with Crippen LogP contribution in [0, 0.1) is 0 Å². The van der Waals surface area contributed by atoms with Crippen molar-refractivity contribution in [3.63, 3.8) is 0 Å².